The Balaban J connectivity index is 2.09. The van der Waals surface area contributed by atoms with Crippen molar-refractivity contribution in [3.8, 4) is 0 Å². The van der Waals surface area contributed by atoms with Crippen LogP contribution in [0.5, 0.6) is 0 Å². The molecule has 0 heterocycles. The van der Waals surface area contributed by atoms with E-state index in [1.165, 1.54) is 6.07 Å². The number of nitrogens with two attached hydrogens (primary N) is 1. The maximum atomic E-state index is 13.2. The molecule has 20 heavy (non-hydrogen) atoms. The Morgan fingerprint density at radius 2 is 1.95 bits per heavy atom. The highest BCUT2D eigenvalue weighted by atomic mass is 79.9. The van der Waals surface area contributed by atoms with Crippen LogP contribution in [0.25, 0.3) is 0 Å². The molecule has 2 aromatic rings. The molecule has 0 aliphatic heterocycles. The lowest BCUT2D eigenvalue weighted by Gasteiger charge is -2.17. The molecule has 106 valence electrons. The van der Waals surface area contributed by atoms with Gasteiger partial charge >= 0.3 is 0 Å². The Bertz CT molecular complexity index is 592. The lowest BCUT2D eigenvalue weighted by atomic mass is 9.99. The second-order valence-corrected chi connectivity index (χ2v) is 5.87. The van der Waals surface area contributed by atoms with Gasteiger partial charge in [0.1, 0.15) is 5.82 Å². The first kappa shape index (κ1) is 15.4. The molecule has 1 atom stereocenters. The summed E-state index contributed by atoms with van der Waals surface area (Å²) >= 11 is 9.34. The lowest BCUT2D eigenvalue weighted by Crippen LogP contribution is -2.38. The Hall–Kier alpha value is -0.940. The fraction of sp³-hybridized carbons (Fsp3) is 0.200. The van der Waals surface area contributed by atoms with Gasteiger partial charge in [0.15, 0.2) is 0 Å². The molecule has 0 aliphatic rings. The molecule has 0 saturated carbocycles. The summed E-state index contributed by atoms with van der Waals surface area (Å²) in [4.78, 5) is 0. The smallest absolute Gasteiger partial charge is 0.137 e. The fourth-order valence-corrected chi connectivity index (χ4v) is 2.71. The summed E-state index contributed by atoms with van der Waals surface area (Å²) in [6, 6.07) is 12.7. The van der Waals surface area contributed by atoms with E-state index >= 15 is 0 Å². The number of rotatable bonds is 5. The van der Waals surface area contributed by atoms with Gasteiger partial charge in [-0.05, 0) is 58.1 Å². The Labute approximate surface area is 131 Å². The quantitative estimate of drug-likeness (QED) is 0.630. The highest BCUT2D eigenvalue weighted by Crippen LogP contribution is 2.20. The maximum Gasteiger partial charge on any atom is 0.137 e. The average Bonchev–Trinajstić information content (AvgIpc) is 2.44. The van der Waals surface area contributed by atoms with Gasteiger partial charge in [0.2, 0.25) is 0 Å². The van der Waals surface area contributed by atoms with E-state index in [9.17, 15) is 4.39 Å². The SMILES string of the molecule is NNC(Cc1ccc(F)c(Br)c1)Cc1ccccc1Cl. The highest BCUT2D eigenvalue weighted by Gasteiger charge is 2.12. The molecule has 2 rings (SSSR count). The molecule has 0 bridgehead atoms. The first-order valence-electron chi connectivity index (χ1n) is 6.23. The molecule has 0 radical (unpaired) electrons. The molecule has 0 amide bonds. The summed E-state index contributed by atoms with van der Waals surface area (Å²) in [6.45, 7) is 0. The van der Waals surface area contributed by atoms with E-state index in [1.54, 1.807) is 12.1 Å². The molecule has 2 nitrogen and oxygen atoms in total. The summed E-state index contributed by atoms with van der Waals surface area (Å²) in [5.74, 6) is 5.34. The van der Waals surface area contributed by atoms with Gasteiger partial charge in [-0.3, -0.25) is 11.3 Å². The number of halogens is 3. The van der Waals surface area contributed by atoms with E-state index in [0.29, 0.717) is 17.3 Å². The molecular weight excluding hydrogens is 343 g/mol. The van der Waals surface area contributed by atoms with Crippen LogP contribution < -0.4 is 11.3 Å². The zero-order valence-electron chi connectivity index (χ0n) is 10.7. The molecule has 0 aliphatic carbocycles. The van der Waals surface area contributed by atoms with Crippen LogP contribution in [0.1, 0.15) is 11.1 Å². The van der Waals surface area contributed by atoms with E-state index in [1.807, 2.05) is 24.3 Å². The van der Waals surface area contributed by atoms with Gasteiger partial charge < -0.3 is 0 Å². The summed E-state index contributed by atoms with van der Waals surface area (Å²) in [6.07, 6.45) is 1.41. The summed E-state index contributed by atoms with van der Waals surface area (Å²) in [5, 5.41) is 0.730. The van der Waals surface area contributed by atoms with Crippen LogP contribution in [0.15, 0.2) is 46.9 Å². The number of hydrogen-bond donors (Lipinski definition) is 2. The van der Waals surface area contributed by atoms with Gasteiger partial charge in [-0.1, -0.05) is 35.9 Å². The van der Waals surface area contributed by atoms with Crippen molar-refractivity contribution in [3.05, 3.63) is 68.9 Å². The molecule has 0 saturated heterocycles. The van der Waals surface area contributed by atoms with E-state index in [2.05, 4.69) is 21.4 Å². The molecule has 0 spiro atoms. The Morgan fingerprint density at radius 3 is 2.60 bits per heavy atom. The predicted octanol–water partition coefficient (Wildman–Crippen LogP) is 3.86. The predicted molar refractivity (Wildman–Crippen MR) is 84.1 cm³/mol. The number of hydrazine groups is 1. The standard InChI is InChI=1S/C15H15BrClFN2/c16-13-8-10(5-6-15(13)18)7-12(20-19)9-11-3-1-2-4-14(11)17/h1-6,8,12,20H,7,9,19H2. The molecule has 1 unspecified atom stereocenters. The van der Waals surface area contributed by atoms with Gasteiger partial charge in [0, 0.05) is 11.1 Å². The first-order chi connectivity index (χ1) is 9.60. The summed E-state index contributed by atoms with van der Waals surface area (Å²) in [7, 11) is 0. The average molecular weight is 358 g/mol. The number of nitrogens with one attached hydrogen (secondary N) is 1. The van der Waals surface area contributed by atoms with Crippen molar-refractivity contribution < 1.29 is 4.39 Å². The third-order valence-corrected chi connectivity index (χ3v) is 4.10. The van der Waals surface area contributed by atoms with Crippen LogP contribution in [-0.2, 0) is 12.8 Å². The fourth-order valence-electron chi connectivity index (χ4n) is 2.07. The van der Waals surface area contributed by atoms with Crippen LogP contribution in [0.4, 0.5) is 4.39 Å². The van der Waals surface area contributed by atoms with Crippen molar-refractivity contribution in [1.29, 1.82) is 0 Å². The first-order valence-corrected chi connectivity index (χ1v) is 7.40. The molecule has 5 heteroatoms. The maximum absolute atomic E-state index is 13.2. The zero-order chi connectivity index (χ0) is 14.5. The van der Waals surface area contributed by atoms with Gasteiger partial charge in [0.25, 0.3) is 0 Å². The molecule has 0 aromatic heterocycles. The molecule has 3 N–H and O–H groups in total. The van der Waals surface area contributed by atoms with Gasteiger partial charge in [-0.15, -0.1) is 0 Å². The second-order valence-electron chi connectivity index (χ2n) is 4.61. The minimum absolute atomic E-state index is 0.0345. The zero-order valence-corrected chi connectivity index (χ0v) is 13.1. The van der Waals surface area contributed by atoms with Gasteiger partial charge in [-0.25, -0.2) is 4.39 Å². The largest absolute Gasteiger partial charge is 0.271 e. The van der Waals surface area contributed by atoms with Crippen LogP contribution in [-0.4, -0.2) is 6.04 Å². The minimum Gasteiger partial charge on any atom is -0.271 e. The topological polar surface area (TPSA) is 38.0 Å². The van der Waals surface area contributed by atoms with E-state index in [-0.39, 0.29) is 11.9 Å². The molecule has 2 aromatic carbocycles. The molecular formula is C15H15BrClFN2. The van der Waals surface area contributed by atoms with Crippen LogP contribution >= 0.6 is 27.5 Å². The summed E-state index contributed by atoms with van der Waals surface area (Å²) < 4.78 is 13.7. The van der Waals surface area contributed by atoms with Crippen molar-refractivity contribution in [2.75, 3.05) is 0 Å². The highest BCUT2D eigenvalue weighted by molar-refractivity contribution is 9.10. The third kappa shape index (κ3) is 4.03. The van der Waals surface area contributed by atoms with Gasteiger partial charge in [0.05, 0.1) is 4.47 Å². The minimum atomic E-state index is -0.267. The molecule has 0 fully saturated rings. The van der Waals surface area contributed by atoms with E-state index in [4.69, 9.17) is 17.4 Å². The van der Waals surface area contributed by atoms with Gasteiger partial charge in [-0.2, -0.15) is 0 Å². The van der Waals surface area contributed by atoms with Crippen molar-refractivity contribution in [2.24, 2.45) is 5.84 Å². The monoisotopic (exact) mass is 356 g/mol. The van der Waals surface area contributed by atoms with Crippen molar-refractivity contribution in [2.45, 2.75) is 18.9 Å². The number of benzene rings is 2. The Morgan fingerprint density at radius 1 is 1.20 bits per heavy atom. The lowest BCUT2D eigenvalue weighted by molar-refractivity contribution is 0.521. The van der Waals surface area contributed by atoms with Crippen molar-refractivity contribution >= 4 is 27.5 Å². The van der Waals surface area contributed by atoms with E-state index in [0.717, 1.165) is 16.1 Å². The van der Waals surface area contributed by atoms with Crippen molar-refractivity contribution in [1.82, 2.24) is 5.43 Å². The van der Waals surface area contributed by atoms with Crippen LogP contribution in [0.2, 0.25) is 5.02 Å². The third-order valence-electron chi connectivity index (χ3n) is 3.13. The van der Waals surface area contributed by atoms with Crippen molar-refractivity contribution in [3.63, 3.8) is 0 Å². The van der Waals surface area contributed by atoms with Crippen LogP contribution in [0.3, 0.4) is 0 Å². The Kier molecular flexibility index (Phi) is 5.54. The normalized spacial score (nSPS) is 12.4. The second kappa shape index (κ2) is 7.18. The van der Waals surface area contributed by atoms with Crippen LogP contribution in [0, 0.1) is 5.82 Å². The van der Waals surface area contributed by atoms with E-state index < -0.39 is 0 Å². The summed E-state index contributed by atoms with van der Waals surface area (Å²) in [5.41, 5.74) is 4.84. The number of hydrogen-bond acceptors (Lipinski definition) is 2.